The molecule has 2 aromatic heterocycles. The number of pyridine rings is 2. The summed E-state index contributed by atoms with van der Waals surface area (Å²) in [5.74, 6) is -1.19. The van der Waals surface area contributed by atoms with E-state index in [9.17, 15) is 19.8 Å². The molecule has 14 heteroatoms. The van der Waals surface area contributed by atoms with Gasteiger partial charge in [0.1, 0.15) is 23.3 Å². The standard InChI is InChI=1S/C42H48Cl2N4O8/c1-23-25(21-55-39-33(43)17-27(37(47-39)53-3)19-45-35-15-7-13-31(35)41(49)50)9-5-11-29(23)30-12-6-10-26(24(30)2)22-56-40-34(44)18-28(38(48-40)54-4)20-46-36-16-8-14-32(36)42(51)52/h5-6,9-12,17-18,31-32,35-36,45-46H,7-8,13-16,19-22H2,1-4H3,(H,49,50)(H,51,52)/t31-,32-,35-,36-/m1/s1. The van der Waals surface area contributed by atoms with Crippen molar-refractivity contribution >= 4 is 35.1 Å². The molecule has 2 aromatic carbocycles. The average molecular weight is 808 g/mol. The number of ether oxygens (including phenoxy) is 4. The molecule has 12 nitrogen and oxygen atoms in total. The van der Waals surface area contributed by atoms with Gasteiger partial charge in [-0.05, 0) is 85.0 Å². The van der Waals surface area contributed by atoms with Crippen LogP contribution in [0, 0.1) is 25.7 Å². The number of hydrogen-bond donors (Lipinski definition) is 4. The van der Waals surface area contributed by atoms with Crippen molar-refractivity contribution in [2.75, 3.05) is 14.2 Å². The van der Waals surface area contributed by atoms with E-state index in [0.717, 1.165) is 70.2 Å². The molecule has 2 heterocycles. The summed E-state index contributed by atoms with van der Waals surface area (Å²) in [5.41, 5.74) is 7.50. The molecule has 0 spiro atoms. The van der Waals surface area contributed by atoms with E-state index in [1.807, 2.05) is 24.3 Å². The Labute approximate surface area is 336 Å². The highest BCUT2D eigenvalue weighted by atomic mass is 35.5. The molecule has 0 saturated heterocycles. The second-order valence-electron chi connectivity index (χ2n) is 14.4. The fourth-order valence-corrected chi connectivity index (χ4v) is 8.29. The first-order valence-corrected chi connectivity index (χ1v) is 19.6. The van der Waals surface area contributed by atoms with Crippen LogP contribution in [0.15, 0.2) is 48.5 Å². The van der Waals surface area contributed by atoms with Gasteiger partial charge in [0.2, 0.25) is 23.5 Å². The molecule has 4 aromatic rings. The molecule has 4 atom stereocenters. The number of methoxy groups -OCH3 is 2. The predicted molar refractivity (Wildman–Crippen MR) is 213 cm³/mol. The van der Waals surface area contributed by atoms with Crippen LogP contribution in [-0.4, -0.2) is 58.4 Å². The number of halogens is 2. The normalized spacial score (nSPS) is 19.2. The van der Waals surface area contributed by atoms with Crippen molar-refractivity contribution in [2.45, 2.75) is 90.8 Å². The van der Waals surface area contributed by atoms with Gasteiger partial charge in [-0.1, -0.05) is 72.4 Å². The molecule has 4 N–H and O–H groups in total. The molecule has 2 aliphatic carbocycles. The SMILES string of the molecule is COc1nc(OCc2cccc(-c3cccc(COc4nc(OC)c(CN[C@@H]5CCC[C@H]5C(=O)O)cc4Cl)c3C)c2C)c(Cl)cc1CN[C@@H]1CCC[C@H]1C(=O)O. The van der Waals surface area contributed by atoms with Crippen molar-refractivity contribution in [2.24, 2.45) is 11.8 Å². The number of carbonyl (C=O) groups is 2. The zero-order chi connectivity index (χ0) is 39.9. The maximum absolute atomic E-state index is 11.6. The lowest BCUT2D eigenvalue weighted by atomic mass is 9.92. The molecule has 0 radical (unpaired) electrons. The van der Waals surface area contributed by atoms with Crippen LogP contribution in [0.3, 0.4) is 0 Å². The van der Waals surface area contributed by atoms with Crippen molar-refractivity contribution in [1.29, 1.82) is 0 Å². The number of aromatic nitrogens is 2. The predicted octanol–water partition coefficient (Wildman–Crippen LogP) is 7.93. The zero-order valence-corrected chi connectivity index (χ0v) is 33.5. The van der Waals surface area contributed by atoms with Crippen molar-refractivity contribution < 1.29 is 38.7 Å². The minimum Gasteiger partial charge on any atom is -0.481 e. The maximum atomic E-state index is 11.6. The number of nitrogens with one attached hydrogen (secondary N) is 2. The number of carboxylic acids is 2. The smallest absolute Gasteiger partial charge is 0.308 e. The second-order valence-corrected chi connectivity index (χ2v) is 15.2. The Balaban J connectivity index is 1.11. The third kappa shape index (κ3) is 9.32. The molecule has 6 rings (SSSR count). The maximum Gasteiger partial charge on any atom is 0.308 e. The molecule has 0 aliphatic heterocycles. The highest BCUT2D eigenvalue weighted by Gasteiger charge is 2.34. The van der Waals surface area contributed by atoms with Crippen molar-refractivity contribution in [3.8, 4) is 34.6 Å². The minimum absolute atomic E-state index is 0.121. The van der Waals surface area contributed by atoms with Gasteiger partial charge in [-0.25, -0.2) is 0 Å². The fraction of sp³-hybridized carbons (Fsp3) is 0.429. The van der Waals surface area contributed by atoms with Gasteiger partial charge in [0.05, 0.1) is 26.1 Å². The monoisotopic (exact) mass is 806 g/mol. The fourth-order valence-electron chi connectivity index (χ4n) is 7.83. The average Bonchev–Trinajstić information content (AvgIpc) is 3.87. The molecule has 298 valence electrons. The summed E-state index contributed by atoms with van der Waals surface area (Å²) in [6, 6.07) is 15.4. The summed E-state index contributed by atoms with van der Waals surface area (Å²) >= 11 is 13.3. The first-order valence-electron chi connectivity index (χ1n) is 18.8. The molecule has 2 fully saturated rings. The van der Waals surface area contributed by atoms with Crippen LogP contribution in [0.5, 0.6) is 23.5 Å². The molecule has 0 amide bonds. The third-order valence-electron chi connectivity index (χ3n) is 11.0. The van der Waals surface area contributed by atoms with Crippen LogP contribution in [-0.2, 0) is 35.9 Å². The first-order chi connectivity index (χ1) is 27.0. The Morgan fingerprint density at radius 1 is 0.661 bits per heavy atom. The lowest BCUT2D eigenvalue weighted by Gasteiger charge is -2.19. The van der Waals surface area contributed by atoms with Crippen molar-refractivity contribution in [3.05, 3.63) is 92.0 Å². The van der Waals surface area contributed by atoms with E-state index in [4.69, 9.17) is 42.1 Å². The van der Waals surface area contributed by atoms with Crippen LogP contribution in [0.25, 0.3) is 11.1 Å². The molecule has 0 bridgehead atoms. The van der Waals surface area contributed by atoms with E-state index in [0.29, 0.717) is 47.7 Å². The summed E-state index contributed by atoms with van der Waals surface area (Å²) in [6.45, 7) is 5.28. The van der Waals surface area contributed by atoms with Crippen LogP contribution in [0.4, 0.5) is 0 Å². The Hall–Kier alpha value is -4.62. The summed E-state index contributed by atoms with van der Waals surface area (Å²) < 4.78 is 23.4. The summed E-state index contributed by atoms with van der Waals surface area (Å²) in [4.78, 5) is 32.3. The van der Waals surface area contributed by atoms with Crippen molar-refractivity contribution in [1.82, 2.24) is 20.6 Å². The minimum atomic E-state index is -0.783. The van der Waals surface area contributed by atoms with Gasteiger partial charge >= 0.3 is 11.9 Å². The molecular formula is C42H48Cl2N4O8. The van der Waals surface area contributed by atoms with E-state index in [1.165, 1.54) is 14.2 Å². The largest absolute Gasteiger partial charge is 0.481 e. The molecule has 2 aliphatic rings. The van der Waals surface area contributed by atoms with Crippen LogP contribution in [0.1, 0.15) is 71.9 Å². The lowest BCUT2D eigenvalue weighted by Crippen LogP contribution is -2.35. The van der Waals surface area contributed by atoms with Crippen LogP contribution >= 0.6 is 23.2 Å². The van der Waals surface area contributed by atoms with E-state index in [-0.39, 0.29) is 37.1 Å². The number of carboxylic acid groups (broad SMARTS) is 2. The van der Waals surface area contributed by atoms with E-state index in [2.05, 4.69) is 46.6 Å². The number of hydrogen-bond acceptors (Lipinski definition) is 10. The highest BCUT2D eigenvalue weighted by Crippen LogP contribution is 2.35. The number of aliphatic carboxylic acids is 2. The number of rotatable bonds is 17. The molecular weight excluding hydrogens is 759 g/mol. The van der Waals surface area contributed by atoms with Gasteiger partial charge in [-0.15, -0.1) is 0 Å². The van der Waals surface area contributed by atoms with Gasteiger partial charge in [0.25, 0.3) is 0 Å². The Bertz CT molecular complexity index is 1920. The lowest BCUT2D eigenvalue weighted by molar-refractivity contribution is -0.143. The second kappa shape index (κ2) is 18.5. The van der Waals surface area contributed by atoms with Gasteiger partial charge in [0.15, 0.2) is 0 Å². The Kier molecular flexibility index (Phi) is 13.6. The molecule has 56 heavy (non-hydrogen) atoms. The molecule has 0 unspecified atom stereocenters. The Morgan fingerprint density at radius 3 is 1.45 bits per heavy atom. The van der Waals surface area contributed by atoms with Gasteiger partial charge in [0, 0.05) is 36.3 Å². The highest BCUT2D eigenvalue weighted by molar-refractivity contribution is 6.32. The quantitative estimate of drug-likeness (QED) is 0.0817. The van der Waals surface area contributed by atoms with E-state index < -0.39 is 23.8 Å². The summed E-state index contributed by atoms with van der Waals surface area (Å²) in [7, 11) is 3.06. The topological polar surface area (TPSA) is 161 Å². The number of nitrogens with zero attached hydrogens (tertiary/aromatic N) is 2. The summed E-state index contributed by atoms with van der Waals surface area (Å²) in [6.07, 6.45) is 4.66. The van der Waals surface area contributed by atoms with Crippen LogP contribution in [0.2, 0.25) is 10.0 Å². The van der Waals surface area contributed by atoms with Gasteiger partial charge in [-0.3, -0.25) is 9.59 Å². The molecule has 2 saturated carbocycles. The number of benzene rings is 2. The third-order valence-corrected chi connectivity index (χ3v) is 11.6. The van der Waals surface area contributed by atoms with Crippen molar-refractivity contribution in [3.63, 3.8) is 0 Å². The Morgan fingerprint density at radius 2 is 1.07 bits per heavy atom. The van der Waals surface area contributed by atoms with E-state index in [1.54, 1.807) is 12.1 Å². The van der Waals surface area contributed by atoms with Gasteiger partial charge < -0.3 is 39.8 Å². The van der Waals surface area contributed by atoms with Crippen LogP contribution < -0.4 is 29.6 Å². The first kappa shape index (κ1) is 41.0. The zero-order valence-electron chi connectivity index (χ0n) is 32.0. The van der Waals surface area contributed by atoms with E-state index >= 15 is 0 Å². The van der Waals surface area contributed by atoms with Gasteiger partial charge in [-0.2, -0.15) is 9.97 Å². The summed E-state index contributed by atoms with van der Waals surface area (Å²) in [5, 5.41) is 26.4.